The number of hydrogen-bond acceptors (Lipinski definition) is 3. The maximum atomic E-state index is 6.70. The smallest absolute Gasteiger partial charge is 0.137 e. The van der Waals surface area contributed by atoms with E-state index in [0.717, 1.165) is 64.1 Å². The zero-order valence-electron chi connectivity index (χ0n) is 15.2. The van der Waals surface area contributed by atoms with E-state index in [9.17, 15) is 0 Å². The second-order valence-corrected chi connectivity index (χ2v) is 7.89. The van der Waals surface area contributed by atoms with Crippen molar-refractivity contribution in [2.24, 2.45) is 0 Å². The molecule has 0 fully saturated rings. The first-order valence-corrected chi connectivity index (χ1v) is 9.81. The summed E-state index contributed by atoms with van der Waals surface area (Å²) in [6.45, 7) is 0. The van der Waals surface area contributed by atoms with Gasteiger partial charge in [0.05, 0.1) is 16.8 Å². The quantitative estimate of drug-likeness (QED) is 0.439. The normalized spacial score (nSPS) is 19.1. The molecule has 4 heteroatoms. The highest BCUT2D eigenvalue weighted by atomic mass is 16.5. The Bertz CT molecular complexity index is 1380. The van der Waals surface area contributed by atoms with Gasteiger partial charge < -0.3 is 15.0 Å². The molecule has 2 aromatic carbocycles. The lowest BCUT2D eigenvalue weighted by Gasteiger charge is -2.18. The molecule has 3 heterocycles. The Morgan fingerprint density at radius 2 is 2.00 bits per heavy atom. The largest absolute Gasteiger partial charge is 0.461 e. The number of benzene rings is 2. The molecule has 4 nitrogen and oxygen atoms in total. The van der Waals surface area contributed by atoms with Crippen LogP contribution in [0.2, 0.25) is 0 Å². The van der Waals surface area contributed by atoms with E-state index in [1.165, 1.54) is 16.7 Å². The van der Waals surface area contributed by atoms with Gasteiger partial charge in [0, 0.05) is 40.6 Å². The number of furan rings is 1. The Kier molecular flexibility index (Phi) is 2.56. The highest BCUT2D eigenvalue weighted by Gasteiger charge is 2.35. The van der Waals surface area contributed by atoms with E-state index in [1.54, 1.807) is 0 Å². The van der Waals surface area contributed by atoms with Crippen LogP contribution in [0.15, 0.2) is 52.7 Å². The molecular formula is C24H18N2O2. The van der Waals surface area contributed by atoms with Gasteiger partial charge >= 0.3 is 0 Å². The maximum absolute atomic E-state index is 6.70. The second kappa shape index (κ2) is 4.90. The minimum absolute atomic E-state index is 0.240. The first-order chi connectivity index (χ1) is 13.8. The Hall–Kier alpha value is -3.40. The number of nitrogens with two attached hydrogens (primary N) is 1. The predicted molar refractivity (Wildman–Crippen MR) is 111 cm³/mol. The average Bonchev–Trinajstić information content (AvgIpc) is 3.36. The van der Waals surface area contributed by atoms with Crippen LogP contribution in [0.25, 0.3) is 34.0 Å². The Morgan fingerprint density at radius 1 is 1.07 bits per heavy atom. The molecule has 0 radical (unpaired) electrons. The molecule has 1 atom stereocenters. The number of rotatable bonds is 0. The topological polar surface area (TPSA) is 53.3 Å². The molecule has 1 unspecified atom stereocenters. The van der Waals surface area contributed by atoms with Gasteiger partial charge in [-0.05, 0) is 30.7 Å². The van der Waals surface area contributed by atoms with Crippen LogP contribution in [0.5, 0.6) is 5.75 Å². The molecule has 0 saturated heterocycles. The summed E-state index contributed by atoms with van der Waals surface area (Å²) < 4.78 is 14.2. The van der Waals surface area contributed by atoms with Crippen LogP contribution < -0.4 is 10.6 Å². The van der Waals surface area contributed by atoms with E-state index in [0.29, 0.717) is 0 Å². The summed E-state index contributed by atoms with van der Waals surface area (Å²) in [4.78, 5) is 0. The lowest BCUT2D eigenvalue weighted by molar-refractivity contribution is 0.428. The van der Waals surface area contributed by atoms with Gasteiger partial charge in [0.1, 0.15) is 22.9 Å². The van der Waals surface area contributed by atoms with Crippen LogP contribution in [-0.4, -0.2) is 4.68 Å². The van der Waals surface area contributed by atoms with Gasteiger partial charge in [-0.15, -0.1) is 0 Å². The fourth-order valence-corrected chi connectivity index (χ4v) is 5.17. The molecule has 7 rings (SSSR count). The number of hydrogen-bond donors (Lipinski definition) is 1. The molecule has 28 heavy (non-hydrogen) atoms. The fraction of sp³-hybridized carbons (Fsp3) is 0.167. The van der Waals surface area contributed by atoms with Crippen molar-refractivity contribution in [3.63, 3.8) is 0 Å². The van der Waals surface area contributed by atoms with Crippen LogP contribution in [0.4, 0.5) is 0 Å². The molecule has 0 spiro atoms. The molecule has 136 valence electrons. The molecule has 0 amide bonds. The summed E-state index contributed by atoms with van der Waals surface area (Å²) in [7, 11) is 0. The van der Waals surface area contributed by atoms with Crippen LogP contribution in [0.1, 0.15) is 40.5 Å². The van der Waals surface area contributed by atoms with Gasteiger partial charge in [-0.3, -0.25) is 4.68 Å². The van der Waals surface area contributed by atoms with Crippen molar-refractivity contribution in [1.82, 2.24) is 4.68 Å². The molecule has 2 N–H and O–H groups in total. The van der Waals surface area contributed by atoms with Crippen molar-refractivity contribution in [3.8, 4) is 5.75 Å². The zero-order chi connectivity index (χ0) is 18.4. The molecular weight excluding hydrogens is 348 g/mol. The van der Waals surface area contributed by atoms with Gasteiger partial charge in [-0.25, -0.2) is 0 Å². The minimum atomic E-state index is 0.240. The van der Waals surface area contributed by atoms with Gasteiger partial charge in [-0.2, -0.15) is 0 Å². The number of nitrogen functional groups attached to an aromatic ring is 1. The fourth-order valence-electron chi connectivity index (χ4n) is 5.17. The Labute approximate surface area is 161 Å². The van der Waals surface area contributed by atoms with Crippen LogP contribution in [-0.2, 0) is 12.8 Å². The predicted octanol–water partition coefficient (Wildman–Crippen LogP) is 5.13. The summed E-state index contributed by atoms with van der Waals surface area (Å²) >= 11 is 0. The second-order valence-electron chi connectivity index (χ2n) is 7.89. The number of ether oxygens (including phenoxy) is 1. The third-order valence-corrected chi connectivity index (χ3v) is 6.45. The van der Waals surface area contributed by atoms with E-state index in [-0.39, 0.29) is 5.92 Å². The SMILES string of the molecule is Nn1c2c(c3ccc4oc5c(c4c31)C=CCC5)C=C1Oc3ccccc3C1C2. The van der Waals surface area contributed by atoms with Crippen molar-refractivity contribution in [2.75, 3.05) is 5.84 Å². The number of aryl methyl sites for hydroxylation is 1. The Balaban J connectivity index is 1.53. The van der Waals surface area contributed by atoms with Crippen molar-refractivity contribution in [3.05, 3.63) is 76.4 Å². The summed E-state index contributed by atoms with van der Waals surface area (Å²) in [5.41, 5.74) is 6.74. The first-order valence-electron chi connectivity index (χ1n) is 9.81. The molecule has 2 aliphatic carbocycles. The molecule has 3 aliphatic rings. The van der Waals surface area contributed by atoms with E-state index >= 15 is 0 Å². The lowest BCUT2D eigenvalue weighted by Crippen LogP contribution is -2.17. The van der Waals surface area contributed by atoms with Gasteiger partial charge in [0.15, 0.2) is 0 Å². The van der Waals surface area contributed by atoms with Crippen LogP contribution in [0.3, 0.4) is 0 Å². The zero-order valence-corrected chi connectivity index (χ0v) is 15.2. The lowest BCUT2D eigenvalue weighted by atomic mass is 9.87. The standard InChI is InChI=1S/C24H18N2O2/c25-26-18-11-17-13-5-1-3-7-19(13)28-22(17)12-16(18)14-9-10-21-23(24(14)26)15-6-2-4-8-20(15)27-21/h1-3,5-7,9-10,12,17H,4,8,11,25H2. The van der Waals surface area contributed by atoms with Crippen LogP contribution in [0, 0.1) is 0 Å². The third-order valence-electron chi connectivity index (χ3n) is 6.45. The van der Waals surface area contributed by atoms with E-state index in [2.05, 4.69) is 42.5 Å². The number of fused-ring (bicyclic) bond motifs is 10. The monoisotopic (exact) mass is 366 g/mol. The van der Waals surface area contributed by atoms with E-state index in [4.69, 9.17) is 15.0 Å². The highest BCUT2D eigenvalue weighted by molar-refractivity contribution is 6.12. The van der Waals surface area contributed by atoms with Crippen molar-refractivity contribution in [1.29, 1.82) is 0 Å². The highest BCUT2D eigenvalue weighted by Crippen LogP contribution is 2.48. The molecule has 1 aliphatic heterocycles. The third kappa shape index (κ3) is 1.66. The van der Waals surface area contributed by atoms with E-state index < -0.39 is 0 Å². The maximum Gasteiger partial charge on any atom is 0.137 e. The van der Waals surface area contributed by atoms with Crippen molar-refractivity contribution in [2.45, 2.75) is 25.2 Å². The molecule has 0 saturated carbocycles. The van der Waals surface area contributed by atoms with Gasteiger partial charge in [0.25, 0.3) is 0 Å². The Morgan fingerprint density at radius 3 is 2.96 bits per heavy atom. The average molecular weight is 366 g/mol. The van der Waals surface area contributed by atoms with Gasteiger partial charge in [-0.1, -0.05) is 30.4 Å². The number of para-hydroxylation sites is 1. The van der Waals surface area contributed by atoms with E-state index in [1.807, 2.05) is 16.8 Å². The summed E-state index contributed by atoms with van der Waals surface area (Å²) in [5, 5.41) is 2.29. The molecule has 0 bridgehead atoms. The summed E-state index contributed by atoms with van der Waals surface area (Å²) in [6, 6.07) is 12.5. The van der Waals surface area contributed by atoms with Crippen LogP contribution >= 0.6 is 0 Å². The number of allylic oxidation sites excluding steroid dienone is 2. The first kappa shape index (κ1) is 14.6. The summed E-state index contributed by atoms with van der Waals surface area (Å²) in [6.07, 6.45) is 9.41. The van der Waals surface area contributed by atoms with Crippen molar-refractivity contribution >= 4 is 34.0 Å². The molecule has 4 aromatic rings. The number of nitrogens with zero attached hydrogens (tertiary/aromatic N) is 1. The number of aromatic nitrogens is 1. The van der Waals surface area contributed by atoms with Gasteiger partial charge in [0.2, 0.25) is 0 Å². The summed E-state index contributed by atoms with van der Waals surface area (Å²) in [5.74, 6) is 10.00. The molecule has 2 aromatic heterocycles. The van der Waals surface area contributed by atoms with Crippen molar-refractivity contribution < 1.29 is 9.15 Å². The minimum Gasteiger partial charge on any atom is -0.461 e.